The monoisotopic (exact) mass is 336 g/mol. The van der Waals surface area contributed by atoms with Crippen LogP contribution in [0.1, 0.15) is 50.5 Å². The molecule has 2 aliphatic rings. The molecule has 128 valence electrons. The molecule has 1 amide bonds. The first-order valence-electron chi connectivity index (χ1n) is 8.88. The van der Waals surface area contributed by atoms with E-state index in [2.05, 4.69) is 10.2 Å². The maximum atomic E-state index is 12.1. The molecule has 3 rings (SSSR count). The molecular weight excluding hydrogens is 308 g/mol. The van der Waals surface area contributed by atoms with Crippen LogP contribution < -0.4 is 5.32 Å². The Balaban J connectivity index is 1.39. The maximum absolute atomic E-state index is 12.1. The van der Waals surface area contributed by atoms with E-state index in [9.17, 15) is 9.90 Å². The summed E-state index contributed by atoms with van der Waals surface area (Å²) in [7, 11) is 0. The van der Waals surface area contributed by atoms with Crippen molar-refractivity contribution in [1.82, 2.24) is 10.2 Å². The molecule has 0 bridgehead atoms. The Morgan fingerprint density at radius 1 is 1.30 bits per heavy atom. The van der Waals surface area contributed by atoms with Gasteiger partial charge in [-0.05, 0) is 48.1 Å². The predicted octanol–water partition coefficient (Wildman–Crippen LogP) is 2.57. The summed E-state index contributed by atoms with van der Waals surface area (Å²) in [4.78, 5) is 14.4. The number of nitrogens with zero attached hydrogens (tertiary/aromatic N) is 1. The van der Waals surface area contributed by atoms with Crippen molar-refractivity contribution in [1.29, 1.82) is 0 Å². The Kier molecular flexibility index (Phi) is 5.72. The molecule has 2 N–H and O–H groups in total. The molecule has 4 nitrogen and oxygen atoms in total. The molecule has 1 aliphatic heterocycles. The van der Waals surface area contributed by atoms with Crippen molar-refractivity contribution in [3.63, 3.8) is 0 Å². The summed E-state index contributed by atoms with van der Waals surface area (Å²) in [6, 6.07) is 2.30. The highest BCUT2D eigenvalue weighted by atomic mass is 32.1. The van der Waals surface area contributed by atoms with Crippen LogP contribution in [-0.2, 0) is 11.2 Å². The molecule has 0 unspecified atom stereocenters. The zero-order chi connectivity index (χ0) is 16.1. The van der Waals surface area contributed by atoms with Gasteiger partial charge in [0.05, 0.1) is 12.0 Å². The third kappa shape index (κ3) is 5.03. The Labute approximate surface area is 142 Å². The van der Waals surface area contributed by atoms with E-state index in [0.717, 1.165) is 63.7 Å². The summed E-state index contributed by atoms with van der Waals surface area (Å²) in [5, 5.41) is 17.9. The summed E-state index contributed by atoms with van der Waals surface area (Å²) in [6.45, 7) is 2.76. The number of hydrogen-bond acceptors (Lipinski definition) is 4. The van der Waals surface area contributed by atoms with Crippen LogP contribution in [0.3, 0.4) is 0 Å². The van der Waals surface area contributed by atoms with Crippen LogP contribution in [0.15, 0.2) is 16.8 Å². The first-order valence-corrected chi connectivity index (χ1v) is 9.82. The fourth-order valence-corrected chi connectivity index (χ4v) is 4.55. The summed E-state index contributed by atoms with van der Waals surface area (Å²) < 4.78 is 0. The van der Waals surface area contributed by atoms with Crippen molar-refractivity contribution in [3.8, 4) is 0 Å². The molecule has 1 aromatic rings. The van der Waals surface area contributed by atoms with Gasteiger partial charge >= 0.3 is 0 Å². The number of likely N-dealkylation sites (tertiary alicyclic amines) is 1. The summed E-state index contributed by atoms with van der Waals surface area (Å²) in [5.74, 6) is 0.132. The zero-order valence-electron chi connectivity index (χ0n) is 13.8. The largest absolute Gasteiger partial charge is 0.389 e. The van der Waals surface area contributed by atoms with Gasteiger partial charge in [-0.25, -0.2) is 0 Å². The van der Waals surface area contributed by atoms with Gasteiger partial charge in [0.1, 0.15) is 0 Å². The van der Waals surface area contributed by atoms with E-state index < -0.39 is 5.60 Å². The van der Waals surface area contributed by atoms with Crippen molar-refractivity contribution in [2.24, 2.45) is 0 Å². The number of hydrogen-bond donors (Lipinski definition) is 2. The average molecular weight is 337 g/mol. The Morgan fingerprint density at radius 2 is 2.04 bits per heavy atom. The number of rotatable bonds is 5. The van der Waals surface area contributed by atoms with E-state index >= 15 is 0 Å². The van der Waals surface area contributed by atoms with Gasteiger partial charge in [-0.2, -0.15) is 11.3 Å². The minimum absolute atomic E-state index is 0.132. The second kappa shape index (κ2) is 7.77. The number of carbonyl (C=O) groups is 1. The number of thiophene rings is 1. The zero-order valence-corrected chi connectivity index (χ0v) is 14.6. The fraction of sp³-hybridized carbons (Fsp3) is 0.722. The van der Waals surface area contributed by atoms with Crippen LogP contribution >= 0.6 is 11.3 Å². The Morgan fingerprint density at radius 3 is 2.70 bits per heavy atom. The second-order valence-electron chi connectivity index (χ2n) is 7.21. The number of nitrogens with one attached hydrogen (secondary N) is 1. The van der Waals surface area contributed by atoms with E-state index in [1.165, 1.54) is 6.42 Å². The summed E-state index contributed by atoms with van der Waals surface area (Å²) in [5.41, 5.74) is 0.636. The lowest BCUT2D eigenvalue weighted by Crippen LogP contribution is -2.50. The van der Waals surface area contributed by atoms with Crippen molar-refractivity contribution in [2.75, 3.05) is 19.6 Å². The quantitative estimate of drug-likeness (QED) is 0.869. The van der Waals surface area contributed by atoms with Gasteiger partial charge in [-0.15, -0.1) is 0 Å². The van der Waals surface area contributed by atoms with Crippen molar-refractivity contribution in [3.05, 3.63) is 22.4 Å². The molecule has 1 saturated heterocycles. The standard InChI is InChI=1S/C18H28N2O2S/c21-17(12-15-6-11-23-13-15)19-16-4-9-20(10-5-16)14-18(22)7-2-1-3-8-18/h6,11,13,16,22H,1-5,7-10,12,14H2,(H,19,21). The van der Waals surface area contributed by atoms with Gasteiger partial charge < -0.3 is 15.3 Å². The first-order chi connectivity index (χ1) is 11.1. The summed E-state index contributed by atoms with van der Waals surface area (Å²) in [6.07, 6.45) is 7.95. The van der Waals surface area contributed by atoms with Crippen molar-refractivity contribution >= 4 is 17.2 Å². The number of β-amino-alcohol motifs (C(OH)–C–C–N with tert-alkyl or cyclic N) is 1. The van der Waals surface area contributed by atoms with Crippen LogP contribution in [0.5, 0.6) is 0 Å². The molecule has 1 aliphatic carbocycles. The Bertz CT molecular complexity index is 489. The molecule has 5 heteroatoms. The molecule has 0 radical (unpaired) electrons. The molecule has 1 aromatic heterocycles. The van der Waals surface area contributed by atoms with Gasteiger partial charge in [-0.1, -0.05) is 19.3 Å². The normalized spacial score (nSPS) is 22.8. The third-order valence-corrected chi connectivity index (χ3v) is 5.93. The SMILES string of the molecule is O=C(Cc1ccsc1)NC1CCN(CC2(O)CCCCC2)CC1. The van der Waals surface area contributed by atoms with E-state index in [-0.39, 0.29) is 5.91 Å². The second-order valence-corrected chi connectivity index (χ2v) is 7.99. The lowest BCUT2D eigenvalue weighted by molar-refractivity contribution is -0.121. The lowest BCUT2D eigenvalue weighted by Gasteiger charge is -2.40. The van der Waals surface area contributed by atoms with E-state index in [4.69, 9.17) is 0 Å². The smallest absolute Gasteiger partial charge is 0.224 e. The van der Waals surface area contributed by atoms with Gasteiger partial charge in [-0.3, -0.25) is 4.79 Å². The molecule has 23 heavy (non-hydrogen) atoms. The van der Waals surface area contributed by atoms with E-state index in [0.29, 0.717) is 12.5 Å². The van der Waals surface area contributed by atoms with E-state index in [1.807, 2.05) is 16.8 Å². The molecular formula is C18H28N2O2S. The Hall–Kier alpha value is -0.910. The predicted molar refractivity (Wildman–Crippen MR) is 93.7 cm³/mol. The molecule has 0 spiro atoms. The fourth-order valence-electron chi connectivity index (χ4n) is 3.88. The highest BCUT2D eigenvalue weighted by Crippen LogP contribution is 2.29. The summed E-state index contributed by atoms with van der Waals surface area (Å²) >= 11 is 1.63. The number of piperidine rings is 1. The van der Waals surface area contributed by atoms with Crippen LogP contribution in [0.2, 0.25) is 0 Å². The van der Waals surface area contributed by atoms with Crippen molar-refractivity contribution < 1.29 is 9.90 Å². The highest BCUT2D eigenvalue weighted by Gasteiger charge is 2.32. The average Bonchev–Trinajstić information content (AvgIpc) is 3.02. The van der Waals surface area contributed by atoms with Crippen LogP contribution in [0, 0.1) is 0 Å². The maximum Gasteiger partial charge on any atom is 0.224 e. The molecule has 2 fully saturated rings. The van der Waals surface area contributed by atoms with Crippen molar-refractivity contribution in [2.45, 2.75) is 63.0 Å². The van der Waals surface area contributed by atoms with Gasteiger partial charge in [0.25, 0.3) is 0 Å². The van der Waals surface area contributed by atoms with Gasteiger partial charge in [0, 0.05) is 25.7 Å². The highest BCUT2D eigenvalue weighted by molar-refractivity contribution is 7.07. The van der Waals surface area contributed by atoms with Gasteiger partial charge in [0.15, 0.2) is 0 Å². The third-order valence-electron chi connectivity index (χ3n) is 5.20. The molecule has 1 saturated carbocycles. The topological polar surface area (TPSA) is 52.6 Å². The first kappa shape index (κ1) is 16.9. The molecule has 2 heterocycles. The van der Waals surface area contributed by atoms with Crippen LogP contribution in [0.4, 0.5) is 0 Å². The molecule has 0 atom stereocenters. The minimum atomic E-state index is -0.465. The van der Waals surface area contributed by atoms with Crippen LogP contribution in [0.25, 0.3) is 0 Å². The number of carbonyl (C=O) groups excluding carboxylic acids is 1. The molecule has 0 aromatic carbocycles. The van der Waals surface area contributed by atoms with Crippen LogP contribution in [-0.4, -0.2) is 47.2 Å². The van der Waals surface area contributed by atoms with Gasteiger partial charge in [0.2, 0.25) is 5.91 Å². The minimum Gasteiger partial charge on any atom is -0.389 e. The lowest BCUT2D eigenvalue weighted by atomic mass is 9.84. The number of aliphatic hydroxyl groups is 1. The number of amides is 1. The van der Waals surface area contributed by atoms with E-state index in [1.54, 1.807) is 11.3 Å².